The van der Waals surface area contributed by atoms with Crippen LogP contribution >= 0.6 is 0 Å². The van der Waals surface area contributed by atoms with Gasteiger partial charge in [0.1, 0.15) is 11.8 Å². The molecule has 0 aliphatic carbocycles. The van der Waals surface area contributed by atoms with Crippen molar-refractivity contribution >= 4 is 38.3 Å². The van der Waals surface area contributed by atoms with Gasteiger partial charge in [0.05, 0.1) is 17.7 Å². The second-order valence-corrected chi connectivity index (χ2v) is 12.1. The largest absolute Gasteiger partial charge is 0.497 e. The summed E-state index contributed by atoms with van der Waals surface area (Å²) in [5, 5.41) is 4.47. The molecular formula is C33H35N3O5S. The molecule has 0 bridgehead atoms. The first kappa shape index (κ1) is 29.1. The number of rotatable bonds is 12. The number of anilines is 1. The Kier molecular flexibility index (Phi) is 8.77. The Labute approximate surface area is 247 Å². The topological polar surface area (TPSA) is 96.0 Å². The smallest absolute Gasteiger partial charge is 0.265 e. The Hall–Kier alpha value is -4.37. The van der Waals surface area contributed by atoms with E-state index in [2.05, 4.69) is 5.32 Å². The molecule has 1 aliphatic heterocycles. The Bertz CT molecular complexity index is 1690. The molecule has 4 aromatic rings. The van der Waals surface area contributed by atoms with Gasteiger partial charge in [0, 0.05) is 37.9 Å². The quantitative estimate of drug-likeness (QED) is 0.255. The lowest BCUT2D eigenvalue weighted by atomic mass is 10.0. The van der Waals surface area contributed by atoms with Gasteiger partial charge in [0.2, 0.25) is 11.8 Å². The summed E-state index contributed by atoms with van der Waals surface area (Å²) in [7, 11) is -2.14. The van der Waals surface area contributed by atoms with Gasteiger partial charge in [-0.15, -0.1) is 0 Å². The van der Waals surface area contributed by atoms with Gasteiger partial charge >= 0.3 is 0 Å². The number of hydrogen-bond donors (Lipinski definition) is 1. The van der Waals surface area contributed by atoms with Crippen LogP contribution < -0.4 is 14.4 Å². The van der Waals surface area contributed by atoms with Gasteiger partial charge < -0.3 is 15.0 Å². The molecule has 0 unspecified atom stereocenters. The number of likely N-dealkylation sites (N-methyl/N-ethyl adjacent to an activating group) is 1. The number of benzene rings is 4. The van der Waals surface area contributed by atoms with Crippen LogP contribution in [0.2, 0.25) is 0 Å². The van der Waals surface area contributed by atoms with E-state index >= 15 is 0 Å². The number of amides is 2. The van der Waals surface area contributed by atoms with Crippen LogP contribution in [-0.4, -0.2) is 51.4 Å². The number of nitrogens with one attached hydrogen (secondary N) is 1. The summed E-state index contributed by atoms with van der Waals surface area (Å²) >= 11 is 0. The summed E-state index contributed by atoms with van der Waals surface area (Å²) in [5.74, 6) is 0.199. The molecule has 4 aromatic carbocycles. The average Bonchev–Trinajstić information content (AvgIpc) is 3.22. The van der Waals surface area contributed by atoms with Crippen LogP contribution in [0.15, 0.2) is 95.9 Å². The molecule has 2 amide bonds. The first-order chi connectivity index (χ1) is 20.3. The van der Waals surface area contributed by atoms with Crippen LogP contribution in [0.3, 0.4) is 0 Å². The third-order valence-electron chi connectivity index (χ3n) is 7.54. The fraction of sp³-hybridized carbons (Fsp3) is 0.273. The lowest BCUT2D eigenvalue weighted by Crippen LogP contribution is -2.50. The molecule has 1 N–H and O–H groups in total. The predicted octanol–water partition coefficient (Wildman–Crippen LogP) is 4.91. The van der Waals surface area contributed by atoms with Crippen LogP contribution in [0.25, 0.3) is 10.8 Å². The van der Waals surface area contributed by atoms with Crippen LogP contribution in [-0.2, 0) is 32.6 Å². The molecule has 218 valence electrons. The number of carbonyl (C=O) groups excluding carboxylic acids is 2. The van der Waals surface area contributed by atoms with Crippen molar-refractivity contribution < 1.29 is 22.7 Å². The van der Waals surface area contributed by atoms with Crippen molar-refractivity contribution in [3.05, 3.63) is 102 Å². The monoisotopic (exact) mass is 585 g/mol. The maximum atomic E-state index is 13.9. The molecule has 5 rings (SSSR count). The standard InChI is InChI=1S/C33H35N3O5S/c1-3-34-33(38)29(22-24-11-5-4-6-12-24)35(23-25-13-7-16-27(21-25)41-2)31(37)19-10-20-36-28-17-8-14-26-15-9-18-30(32(26)28)42(36,39)40/h4-9,11-18,21,29H,3,10,19-20,22-23H2,1-2H3,(H,34,38)/t29-/m1/s1. The van der Waals surface area contributed by atoms with Crippen LogP contribution in [0, 0.1) is 0 Å². The Morgan fingerprint density at radius 3 is 2.38 bits per heavy atom. The third kappa shape index (κ3) is 5.97. The number of carbonyl (C=O) groups is 2. The molecule has 9 heteroatoms. The van der Waals surface area contributed by atoms with E-state index in [0.29, 0.717) is 41.1 Å². The second-order valence-electron chi connectivity index (χ2n) is 10.3. The molecule has 0 fully saturated rings. The minimum atomic E-state index is -3.72. The lowest BCUT2D eigenvalue weighted by molar-refractivity contribution is -0.141. The van der Waals surface area contributed by atoms with Gasteiger partial charge in [0.15, 0.2) is 0 Å². The molecule has 1 atom stereocenters. The van der Waals surface area contributed by atoms with Gasteiger partial charge in [-0.2, -0.15) is 0 Å². The molecular weight excluding hydrogens is 550 g/mol. The minimum Gasteiger partial charge on any atom is -0.497 e. The summed E-state index contributed by atoms with van der Waals surface area (Å²) in [6.45, 7) is 2.64. The van der Waals surface area contributed by atoms with E-state index in [4.69, 9.17) is 4.74 Å². The highest BCUT2D eigenvalue weighted by atomic mass is 32.2. The van der Waals surface area contributed by atoms with Crippen molar-refractivity contribution in [2.24, 2.45) is 0 Å². The summed E-state index contributed by atoms with van der Waals surface area (Å²) in [4.78, 5) is 29.2. The molecule has 0 spiro atoms. The van der Waals surface area contributed by atoms with E-state index in [1.165, 1.54) is 4.31 Å². The molecule has 1 aliphatic rings. The van der Waals surface area contributed by atoms with E-state index in [0.717, 1.165) is 16.5 Å². The van der Waals surface area contributed by atoms with E-state index in [1.807, 2.05) is 79.7 Å². The fourth-order valence-electron chi connectivity index (χ4n) is 5.53. The maximum Gasteiger partial charge on any atom is 0.265 e. The normalized spacial score (nSPS) is 14.0. The van der Waals surface area contributed by atoms with Crippen LogP contribution in [0.4, 0.5) is 5.69 Å². The van der Waals surface area contributed by atoms with Crippen molar-refractivity contribution in [3.63, 3.8) is 0 Å². The summed E-state index contributed by atoms with van der Waals surface area (Å²) in [6, 6.07) is 27.1. The zero-order chi connectivity index (χ0) is 29.7. The average molecular weight is 586 g/mol. The molecule has 0 saturated heterocycles. The molecule has 8 nitrogen and oxygen atoms in total. The van der Waals surface area contributed by atoms with Gasteiger partial charge in [0.25, 0.3) is 10.0 Å². The van der Waals surface area contributed by atoms with E-state index in [9.17, 15) is 18.0 Å². The minimum absolute atomic E-state index is 0.0764. The number of methoxy groups -OCH3 is 1. The first-order valence-electron chi connectivity index (χ1n) is 14.1. The van der Waals surface area contributed by atoms with E-state index < -0.39 is 16.1 Å². The Morgan fingerprint density at radius 2 is 1.64 bits per heavy atom. The van der Waals surface area contributed by atoms with Crippen molar-refractivity contribution in [1.82, 2.24) is 10.2 Å². The Morgan fingerprint density at radius 1 is 0.929 bits per heavy atom. The van der Waals surface area contributed by atoms with Crippen molar-refractivity contribution in [1.29, 1.82) is 0 Å². The molecule has 0 saturated carbocycles. The number of sulfonamides is 1. The van der Waals surface area contributed by atoms with Crippen LogP contribution in [0.5, 0.6) is 5.75 Å². The first-order valence-corrected chi connectivity index (χ1v) is 15.6. The highest BCUT2D eigenvalue weighted by molar-refractivity contribution is 7.93. The number of ether oxygens (including phenoxy) is 1. The highest BCUT2D eigenvalue weighted by Crippen LogP contribution is 2.42. The summed E-state index contributed by atoms with van der Waals surface area (Å²) in [6.07, 6.45) is 0.720. The number of nitrogens with zero attached hydrogens (tertiary/aromatic N) is 2. The zero-order valence-corrected chi connectivity index (χ0v) is 24.6. The van der Waals surface area contributed by atoms with Crippen molar-refractivity contribution in [2.75, 3.05) is 24.5 Å². The SMILES string of the molecule is CCNC(=O)[C@@H](Cc1ccccc1)N(Cc1cccc(OC)c1)C(=O)CCCN1c2cccc3cccc(c23)S1(=O)=O. The number of hydrogen-bond acceptors (Lipinski definition) is 5. The summed E-state index contributed by atoms with van der Waals surface area (Å²) in [5.41, 5.74) is 2.40. The Balaban J connectivity index is 1.39. The predicted molar refractivity (Wildman–Crippen MR) is 164 cm³/mol. The second kappa shape index (κ2) is 12.7. The third-order valence-corrected chi connectivity index (χ3v) is 9.40. The molecule has 1 heterocycles. The van der Waals surface area contributed by atoms with Crippen molar-refractivity contribution in [2.45, 2.75) is 43.7 Å². The lowest BCUT2D eigenvalue weighted by Gasteiger charge is -2.32. The fourth-order valence-corrected chi connectivity index (χ4v) is 7.28. The summed E-state index contributed by atoms with van der Waals surface area (Å²) < 4.78 is 33.6. The van der Waals surface area contributed by atoms with E-state index in [-0.39, 0.29) is 31.3 Å². The maximum absolute atomic E-state index is 13.9. The van der Waals surface area contributed by atoms with Gasteiger partial charge in [-0.05, 0) is 54.1 Å². The van der Waals surface area contributed by atoms with E-state index in [1.54, 1.807) is 30.2 Å². The van der Waals surface area contributed by atoms with Gasteiger partial charge in [-0.3, -0.25) is 13.9 Å². The van der Waals surface area contributed by atoms with Crippen LogP contribution in [0.1, 0.15) is 30.9 Å². The van der Waals surface area contributed by atoms with Gasteiger partial charge in [-0.1, -0.05) is 66.7 Å². The highest BCUT2D eigenvalue weighted by Gasteiger charge is 2.36. The van der Waals surface area contributed by atoms with Crippen molar-refractivity contribution in [3.8, 4) is 5.75 Å². The molecule has 0 aromatic heterocycles. The van der Waals surface area contributed by atoms with Gasteiger partial charge in [-0.25, -0.2) is 8.42 Å². The zero-order valence-electron chi connectivity index (χ0n) is 23.8. The molecule has 0 radical (unpaired) electrons. The molecule has 42 heavy (non-hydrogen) atoms.